The first-order valence-corrected chi connectivity index (χ1v) is 9.63. The fourth-order valence-corrected chi connectivity index (χ4v) is 5.68. The lowest BCUT2D eigenvalue weighted by Crippen LogP contribution is -2.49. The van der Waals surface area contributed by atoms with Crippen molar-refractivity contribution >= 4 is 25.7 Å². The van der Waals surface area contributed by atoms with Crippen LogP contribution in [0.5, 0.6) is 0 Å². The minimum Gasteiger partial charge on any atom is -0.373 e. The topological polar surface area (TPSA) is 44.8 Å². The van der Waals surface area contributed by atoms with E-state index in [1.165, 1.54) is 11.8 Å². The quantitative estimate of drug-likeness (QED) is 0.548. The molecule has 0 N–H and O–H groups in total. The molecule has 4 nitrogen and oxygen atoms in total. The molecule has 0 heterocycles. The van der Waals surface area contributed by atoms with Gasteiger partial charge < -0.3 is 13.3 Å². The van der Waals surface area contributed by atoms with Crippen molar-refractivity contribution in [3.63, 3.8) is 0 Å². The van der Waals surface area contributed by atoms with E-state index in [2.05, 4.69) is 6.92 Å². The first-order valence-electron chi connectivity index (χ1n) is 6.71. The van der Waals surface area contributed by atoms with Gasteiger partial charge in [0.15, 0.2) is 5.12 Å². The second-order valence-electron chi connectivity index (χ2n) is 3.75. The van der Waals surface area contributed by atoms with Gasteiger partial charge in [-0.05, 0) is 27.2 Å². The van der Waals surface area contributed by atoms with E-state index in [1.54, 1.807) is 0 Å². The SMILES string of the molecule is CCCCC(=O)SC[Si](OCC)(OCC)OCC. The Kier molecular flexibility index (Phi) is 11.1. The van der Waals surface area contributed by atoms with Gasteiger partial charge in [0.25, 0.3) is 0 Å². The van der Waals surface area contributed by atoms with Gasteiger partial charge in [-0.1, -0.05) is 25.1 Å². The number of hydrogen-bond donors (Lipinski definition) is 0. The van der Waals surface area contributed by atoms with Crippen molar-refractivity contribution in [1.82, 2.24) is 0 Å². The second kappa shape index (κ2) is 11.0. The molecule has 108 valence electrons. The van der Waals surface area contributed by atoms with Gasteiger partial charge in [0.05, 0.1) is 5.38 Å². The average Bonchev–Trinajstić information content (AvgIpc) is 2.35. The van der Waals surface area contributed by atoms with Crippen LogP contribution < -0.4 is 0 Å². The Balaban J connectivity index is 4.32. The summed E-state index contributed by atoms with van der Waals surface area (Å²) in [5.74, 6) is 0. The maximum absolute atomic E-state index is 11.7. The molecule has 18 heavy (non-hydrogen) atoms. The third kappa shape index (κ3) is 7.53. The van der Waals surface area contributed by atoms with Crippen LogP contribution in [-0.4, -0.2) is 39.1 Å². The molecule has 0 aliphatic heterocycles. The summed E-state index contributed by atoms with van der Waals surface area (Å²) in [5.41, 5.74) is 0. The molecule has 0 spiro atoms. The molecule has 0 saturated carbocycles. The molecule has 0 atom stereocenters. The smallest absolute Gasteiger partial charge is 0.373 e. The summed E-state index contributed by atoms with van der Waals surface area (Å²) >= 11 is 1.29. The third-order valence-electron chi connectivity index (χ3n) is 2.24. The summed E-state index contributed by atoms with van der Waals surface area (Å²) in [7, 11) is -2.66. The van der Waals surface area contributed by atoms with Crippen LogP contribution in [-0.2, 0) is 18.1 Å². The first-order chi connectivity index (χ1) is 8.64. The molecule has 0 aromatic carbocycles. The highest BCUT2D eigenvalue weighted by Crippen LogP contribution is 2.19. The van der Waals surface area contributed by atoms with Crippen molar-refractivity contribution < 1.29 is 18.1 Å². The minimum atomic E-state index is -2.66. The van der Waals surface area contributed by atoms with E-state index in [0.29, 0.717) is 31.6 Å². The van der Waals surface area contributed by atoms with Gasteiger partial charge in [-0.25, -0.2) is 0 Å². The molecule has 0 amide bonds. The molecular weight excluding hydrogens is 268 g/mol. The molecule has 0 rings (SSSR count). The van der Waals surface area contributed by atoms with Crippen molar-refractivity contribution in [3.8, 4) is 0 Å². The van der Waals surface area contributed by atoms with Crippen molar-refractivity contribution in [2.45, 2.75) is 47.0 Å². The van der Waals surface area contributed by atoms with Crippen LogP contribution in [0.25, 0.3) is 0 Å². The van der Waals surface area contributed by atoms with Crippen LogP contribution in [0.4, 0.5) is 0 Å². The van der Waals surface area contributed by atoms with Gasteiger partial charge in [0, 0.05) is 26.2 Å². The Morgan fingerprint density at radius 2 is 1.50 bits per heavy atom. The second-order valence-corrected chi connectivity index (χ2v) is 7.88. The predicted octanol–water partition coefficient (Wildman–Crippen LogP) is 3.02. The maximum atomic E-state index is 11.7. The Labute approximate surface area is 116 Å². The summed E-state index contributed by atoms with van der Waals surface area (Å²) in [6.45, 7) is 9.50. The van der Waals surface area contributed by atoms with E-state index in [0.717, 1.165) is 12.8 Å². The normalized spacial score (nSPS) is 11.8. The third-order valence-corrected chi connectivity index (χ3v) is 6.94. The number of carbonyl (C=O) groups is 1. The zero-order valence-corrected chi connectivity index (χ0v) is 13.8. The largest absolute Gasteiger partial charge is 0.511 e. The molecule has 0 aromatic rings. The lowest BCUT2D eigenvalue weighted by atomic mass is 10.3. The van der Waals surface area contributed by atoms with Gasteiger partial charge >= 0.3 is 8.80 Å². The van der Waals surface area contributed by atoms with Crippen LogP contribution in [0.2, 0.25) is 0 Å². The molecule has 0 saturated heterocycles. The fourth-order valence-electron chi connectivity index (χ4n) is 1.47. The number of hydrogen-bond acceptors (Lipinski definition) is 5. The van der Waals surface area contributed by atoms with Crippen molar-refractivity contribution in [3.05, 3.63) is 0 Å². The standard InChI is InChI=1S/C12H26O4SSi/c1-5-9-10-12(13)17-11-18(14-6-2,15-7-3)16-8-4/h5-11H2,1-4H3. The summed E-state index contributed by atoms with van der Waals surface area (Å²) < 4.78 is 17.1. The summed E-state index contributed by atoms with van der Waals surface area (Å²) in [5, 5.41) is 0.721. The van der Waals surface area contributed by atoms with E-state index < -0.39 is 8.80 Å². The summed E-state index contributed by atoms with van der Waals surface area (Å²) in [4.78, 5) is 11.7. The molecular formula is C12H26O4SSi. The Morgan fingerprint density at radius 1 is 1.00 bits per heavy atom. The lowest BCUT2D eigenvalue weighted by molar-refractivity contribution is -0.111. The van der Waals surface area contributed by atoms with Crippen LogP contribution >= 0.6 is 11.8 Å². The van der Waals surface area contributed by atoms with E-state index in [4.69, 9.17) is 13.3 Å². The first kappa shape index (κ1) is 18.1. The minimum absolute atomic E-state index is 0.202. The van der Waals surface area contributed by atoms with Gasteiger partial charge in [-0.2, -0.15) is 0 Å². The highest BCUT2D eigenvalue weighted by atomic mass is 32.2. The highest BCUT2D eigenvalue weighted by Gasteiger charge is 2.41. The van der Waals surface area contributed by atoms with Gasteiger partial charge in [-0.15, -0.1) is 0 Å². The Morgan fingerprint density at radius 3 is 1.89 bits per heavy atom. The zero-order chi connectivity index (χ0) is 13.9. The van der Waals surface area contributed by atoms with Crippen LogP contribution in [0.15, 0.2) is 0 Å². The highest BCUT2D eigenvalue weighted by molar-refractivity contribution is 8.14. The average molecular weight is 294 g/mol. The Bertz CT molecular complexity index is 209. The molecule has 0 aromatic heterocycles. The molecule has 0 bridgehead atoms. The summed E-state index contributed by atoms with van der Waals surface area (Å²) in [6, 6.07) is 0. The number of unbranched alkanes of at least 4 members (excludes halogenated alkanes) is 1. The molecule has 0 aliphatic rings. The van der Waals surface area contributed by atoms with Gasteiger partial charge in [-0.3, -0.25) is 4.79 Å². The van der Waals surface area contributed by atoms with Crippen LogP contribution in [0.1, 0.15) is 47.0 Å². The van der Waals surface area contributed by atoms with E-state index in [1.807, 2.05) is 20.8 Å². The molecule has 0 unspecified atom stereocenters. The Hall–Kier alpha value is 0.117. The molecule has 0 fully saturated rings. The van der Waals surface area contributed by atoms with Crippen molar-refractivity contribution in [2.75, 3.05) is 25.2 Å². The maximum Gasteiger partial charge on any atom is 0.511 e. The van der Waals surface area contributed by atoms with Gasteiger partial charge in [0.2, 0.25) is 0 Å². The van der Waals surface area contributed by atoms with Crippen molar-refractivity contribution in [2.24, 2.45) is 0 Å². The van der Waals surface area contributed by atoms with E-state index >= 15 is 0 Å². The molecule has 0 aliphatic carbocycles. The lowest BCUT2D eigenvalue weighted by Gasteiger charge is -2.27. The van der Waals surface area contributed by atoms with E-state index in [9.17, 15) is 4.79 Å². The number of rotatable bonds is 11. The van der Waals surface area contributed by atoms with Gasteiger partial charge in [0.1, 0.15) is 0 Å². The van der Waals surface area contributed by atoms with Crippen molar-refractivity contribution in [1.29, 1.82) is 0 Å². The van der Waals surface area contributed by atoms with E-state index in [-0.39, 0.29) is 5.12 Å². The number of carbonyl (C=O) groups excluding carboxylic acids is 1. The summed E-state index contributed by atoms with van der Waals surface area (Å²) in [6.07, 6.45) is 2.60. The monoisotopic (exact) mass is 294 g/mol. The molecule has 6 heteroatoms. The fraction of sp³-hybridized carbons (Fsp3) is 0.917. The van der Waals surface area contributed by atoms with Crippen LogP contribution in [0.3, 0.4) is 0 Å². The number of thioether (sulfide) groups is 1. The van der Waals surface area contributed by atoms with Crippen LogP contribution in [0, 0.1) is 0 Å². The zero-order valence-electron chi connectivity index (χ0n) is 12.0. The molecule has 0 radical (unpaired) electrons. The predicted molar refractivity (Wildman–Crippen MR) is 77.6 cm³/mol.